The van der Waals surface area contributed by atoms with E-state index in [-0.39, 0.29) is 23.7 Å². The quantitative estimate of drug-likeness (QED) is 0.819. The van der Waals surface area contributed by atoms with Gasteiger partial charge in [0.05, 0.1) is 6.61 Å². The van der Waals surface area contributed by atoms with E-state index in [9.17, 15) is 9.59 Å². The Balaban J connectivity index is 1.83. The molecule has 1 aromatic carbocycles. The summed E-state index contributed by atoms with van der Waals surface area (Å²) in [6.45, 7) is 8.10. The molecule has 5 heteroatoms. The van der Waals surface area contributed by atoms with E-state index in [1.807, 2.05) is 49.9 Å². The summed E-state index contributed by atoms with van der Waals surface area (Å²) in [6, 6.07) is 7.44. The number of ether oxygens (including phenoxy) is 1. The van der Waals surface area contributed by atoms with Crippen molar-refractivity contribution in [3.63, 3.8) is 0 Å². The first-order valence-electron chi connectivity index (χ1n) is 9.41. The number of carbonyl (C=O) groups is 2. The number of carbonyl (C=O) groups excluding carboxylic acids is 2. The van der Waals surface area contributed by atoms with Gasteiger partial charge in [-0.2, -0.15) is 0 Å². The van der Waals surface area contributed by atoms with Crippen LogP contribution in [0.1, 0.15) is 46.5 Å². The summed E-state index contributed by atoms with van der Waals surface area (Å²) in [5.74, 6) is 1.17. The van der Waals surface area contributed by atoms with Crippen molar-refractivity contribution in [2.75, 3.05) is 25.0 Å². The Labute approximate surface area is 150 Å². The average molecular weight is 346 g/mol. The first kappa shape index (κ1) is 19.3. The van der Waals surface area contributed by atoms with Crippen LogP contribution in [0.25, 0.3) is 0 Å². The molecule has 1 fully saturated rings. The van der Waals surface area contributed by atoms with Crippen LogP contribution in [0.15, 0.2) is 24.3 Å². The van der Waals surface area contributed by atoms with Crippen molar-refractivity contribution in [3.05, 3.63) is 24.3 Å². The smallest absolute Gasteiger partial charge is 0.227 e. The Morgan fingerprint density at radius 3 is 2.08 bits per heavy atom. The molecule has 0 unspecified atom stereocenters. The van der Waals surface area contributed by atoms with Gasteiger partial charge in [0.1, 0.15) is 5.75 Å². The van der Waals surface area contributed by atoms with Gasteiger partial charge < -0.3 is 15.0 Å². The summed E-state index contributed by atoms with van der Waals surface area (Å²) in [4.78, 5) is 26.8. The van der Waals surface area contributed by atoms with Crippen molar-refractivity contribution >= 4 is 17.5 Å². The van der Waals surface area contributed by atoms with Crippen molar-refractivity contribution < 1.29 is 14.3 Å². The number of benzene rings is 1. The standard InChI is InChI=1S/C20H30N2O3/c1-4-22(5-2)20(24)16-9-7-15(8-10-16)19(23)21-17-11-13-18(14-12-17)25-6-3/h11-16H,4-10H2,1-3H3,(H,21,23). The van der Waals surface area contributed by atoms with Crippen LogP contribution in [0.2, 0.25) is 0 Å². The molecule has 0 aliphatic heterocycles. The zero-order chi connectivity index (χ0) is 18.2. The summed E-state index contributed by atoms with van der Waals surface area (Å²) < 4.78 is 5.41. The molecule has 1 aliphatic rings. The van der Waals surface area contributed by atoms with Crippen LogP contribution in [0.3, 0.4) is 0 Å². The molecule has 0 bridgehead atoms. The normalized spacial score (nSPS) is 20.0. The summed E-state index contributed by atoms with van der Waals surface area (Å²) in [5, 5.41) is 2.98. The molecule has 0 spiro atoms. The highest BCUT2D eigenvalue weighted by molar-refractivity contribution is 5.92. The zero-order valence-corrected chi connectivity index (χ0v) is 15.6. The van der Waals surface area contributed by atoms with Crippen LogP contribution in [0.4, 0.5) is 5.69 Å². The highest BCUT2D eigenvalue weighted by Crippen LogP contribution is 2.31. The Morgan fingerprint density at radius 1 is 1.00 bits per heavy atom. The molecule has 0 radical (unpaired) electrons. The van der Waals surface area contributed by atoms with Gasteiger partial charge in [-0.05, 0) is 70.7 Å². The number of anilines is 1. The van der Waals surface area contributed by atoms with E-state index in [4.69, 9.17) is 4.74 Å². The van der Waals surface area contributed by atoms with Crippen LogP contribution in [-0.2, 0) is 9.59 Å². The number of hydrogen-bond acceptors (Lipinski definition) is 3. The fraction of sp³-hybridized carbons (Fsp3) is 0.600. The summed E-state index contributed by atoms with van der Waals surface area (Å²) in [5.41, 5.74) is 0.787. The second-order valence-electron chi connectivity index (χ2n) is 6.51. The van der Waals surface area contributed by atoms with Crippen molar-refractivity contribution in [2.24, 2.45) is 11.8 Å². The average Bonchev–Trinajstić information content (AvgIpc) is 2.64. The second-order valence-corrected chi connectivity index (χ2v) is 6.51. The fourth-order valence-corrected chi connectivity index (χ4v) is 3.44. The highest BCUT2D eigenvalue weighted by atomic mass is 16.5. The first-order chi connectivity index (χ1) is 12.1. The van der Waals surface area contributed by atoms with E-state index in [2.05, 4.69) is 5.32 Å². The van der Waals surface area contributed by atoms with Gasteiger partial charge >= 0.3 is 0 Å². The van der Waals surface area contributed by atoms with Crippen molar-refractivity contribution in [1.29, 1.82) is 0 Å². The topological polar surface area (TPSA) is 58.6 Å². The number of nitrogens with zero attached hydrogens (tertiary/aromatic N) is 1. The summed E-state index contributed by atoms with van der Waals surface area (Å²) in [7, 11) is 0. The molecular formula is C20H30N2O3. The number of amides is 2. The van der Waals surface area contributed by atoms with E-state index in [1.54, 1.807) is 0 Å². The van der Waals surface area contributed by atoms with Gasteiger partial charge in [0.25, 0.3) is 0 Å². The third kappa shape index (κ3) is 5.21. The molecule has 1 aliphatic carbocycles. The van der Waals surface area contributed by atoms with Gasteiger partial charge in [-0.1, -0.05) is 0 Å². The van der Waals surface area contributed by atoms with Gasteiger partial charge in [0.15, 0.2) is 0 Å². The maximum atomic E-state index is 12.5. The van der Waals surface area contributed by atoms with Crippen molar-refractivity contribution in [1.82, 2.24) is 4.90 Å². The lowest BCUT2D eigenvalue weighted by molar-refractivity contribution is -0.137. The molecule has 1 saturated carbocycles. The minimum absolute atomic E-state index is 0.00711. The van der Waals surface area contributed by atoms with Crippen LogP contribution >= 0.6 is 0 Å². The van der Waals surface area contributed by atoms with E-state index in [1.165, 1.54) is 0 Å². The number of nitrogens with one attached hydrogen (secondary N) is 1. The Kier molecular flexibility index (Phi) is 7.29. The van der Waals surface area contributed by atoms with Crippen LogP contribution in [0.5, 0.6) is 5.75 Å². The molecule has 0 aromatic heterocycles. The first-order valence-corrected chi connectivity index (χ1v) is 9.41. The largest absolute Gasteiger partial charge is 0.494 e. The molecule has 1 aromatic rings. The van der Waals surface area contributed by atoms with Gasteiger partial charge in [0, 0.05) is 30.6 Å². The van der Waals surface area contributed by atoms with Gasteiger partial charge in [-0.3, -0.25) is 9.59 Å². The van der Waals surface area contributed by atoms with E-state index >= 15 is 0 Å². The van der Waals surface area contributed by atoms with E-state index in [0.717, 1.165) is 50.2 Å². The fourth-order valence-electron chi connectivity index (χ4n) is 3.44. The maximum absolute atomic E-state index is 12.5. The monoisotopic (exact) mass is 346 g/mol. The minimum Gasteiger partial charge on any atom is -0.494 e. The lowest BCUT2D eigenvalue weighted by atomic mass is 9.81. The van der Waals surface area contributed by atoms with Crippen LogP contribution < -0.4 is 10.1 Å². The molecule has 25 heavy (non-hydrogen) atoms. The van der Waals surface area contributed by atoms with Crippen LogP contribution in [0, 0.1) is 11.8 Å². The maximum Gasteiger partial charge on any atom is 0.227 e. The third-order valence-electron chi connectivity index (χ3n) is 4.96. The molecule has 2 rings (SSSR count). The summed E-state index contributed by atoms with van der Waals surface area (Å²) >= 11 is 0. The Morgan fingerprint density at radius 2 is 1.56 bits per heavy atom. The lowest BCUT2D eigenvalue weighted by Crippen LogP contribution is -2.38. The highest BCUT2D eigenvalue weighted by Gasteiger charge is 2.31. The molecule has 0 saturated heterocycles. The Bertz CT molecular complexity index is 559. The second kappa shape index (κ2) is 9.44. The molecular weight excluding hydrogens is 316 g/mol. The molecule has 2 amide bonds. The number of rotatable bonds is 7. The van der Waals surface area contributed by atoms with Gasteiger partial charge in [-0.15, -0.1) is 0 Å². The summed E-state index contributed by atoms with van der Waals surface area (Å²) in [6.07, 6.45) is 3.16. The third-order valence-corrected chi connectivity index (χ3v) is 4.96. The Hall–Kier alpha value is -2.04. The van der Waals surface area contributed by atoms with Gasteiger partial charge in [-0.25, -0.2) is 0 Å². The van der Waals surface area contributed by atoms with Gasteiger partial charge in [0.2, 0.25) is 11.8 Å². The molecule has 0 atom stereocenters. The van der Waals surface area contributed by atoms with Crippen molar-refractivity contribution in [3.8, 4) is 5.75 Å². The van der Waals surface area contributed by atoms with E-state index < -0.39 is 0 Å². The molecule has 0 heterocycles. The lowest BCUT2D eigenvalue weighted by Gasteiger charge is -2.30. The molecule has 1 N–H and O–H groups in total. The molecule has 138 valence electrons. The van der Waals surface area contributed by atoms with E-state index in [0.29, 0.717) is 6.61 Å². The SMILES string of the molecule is CCOc1ccc(NC(=O)C2CCC(C(=O)N(CC)CC)CC2)cc1. The van der Waals surface area contributed by atoms with Crippen molar-refractivity contribution in [2.45, 2.75) is 46.5 Å². The number of hydrogen-bond donors (Lipinski definition) is 1. The van der Waals surface area contributed by atoms with Crippen LogP contribution in [-0.4, -0.2) is 36.4 Å². The molecule has 5 nitrogen and oxygen atoms in total. The zero-order valence-electron chi connectivity index (χ0n) is 15.6. The minimum atomic E-state index is -0.00711. The predicted octanol–water partition coefficient (Wildman–Crippen LogP) is 3.70. The predicted molar refractivity (Wildman–Crippen MR) is 99.6 cm³/mol.